The van der Waals surface area contributed by atoms with Crippen LogP contribution in [0.15, 0.2) is 18.2 Å². The zero-order valence-corrected chi connectivity index (χ0v) is 10.7. The SMILES string of the molecule is CC(C)Oc1cc(Cl)ccc1C(C)N.Cl. The average molecular weight is 250 g/mol. The van der Waals surface area contributed by atoms with E-state index in [2.05, 4.69) is 0 Å². The summed E-state index contributed by atoms with van der Waals surface area (Å²) in [6, 6.07) is 5.50. The van der Waals surface area contributed by atoms with Gasteiger partial charge in [0.15, 0.2) is 0 Å². The third-order valence-electron chi connectivity index (χ3n) is 1.83. The van der Waals surface area contributed by atoms with Gasteiger partial charge in [-0.15, -0.1) is 12.4 Å². The highest BCUT2D eigenvalue weighted by Gasteiger charge is 2.09. The molecule has 4 heteroatoms. The second kappa shape index (κ2) is 6.21. The van der Waals surface area contributed by atoms with Crippen LogP contribution in [0.1, 0.15) is 32.4 Å². The van der Waals surface area contributed by atoms with Gasteiger partial charge in [0.1, 0.15) is 5.75 Å². The molecule has 2 N–H and O–H groups in total. The smallest absolute Gasteiger partial charge is 0.125 e. The van der Waals surface area contributed by atoms with Gasteiger partial charge in [0.05, 0.1) is 6.10 Å². The molecule has 0 radical (unpaired) electrons. The summed E-state index contributed by atoms with van der Waals surface area (Å²) in [5.41, 5.74) is 6.81. The highest BCUT2D eigenvalue weighted by atomic mass is 35.5. The van der Waals surface area contributed by atoms with Crippen LogP contribution in [0.4, 0.5) is 0 Å². The van der Waals surface area contributed by atoms with Gasteiger partial charge >= 0.3 is 0 Å². The summed E-state index contributed by atoms with van der Waals surface area (Å²) in [5.74, 6) is 0.780. The third kappa shape index (κ3) is 4.29. The number of halogens is 2. The minimum atomic E-state index is -0.0407. The predicted molar refractivity (Wildman–Crippen MR) is 67.1 cm³/mol. The van der Waals surface area contributed by atoms with E-state index in [1.807, 2.05) is 32.9 Å². The van der Waals surface area contributed by atoms with Crippen molar-refractivity contribution in [3.63, 3.8) is 0 Å². The van der Waals surface area contributed by atoms with E-state index in [9.17, 15) is 0 Å². The first-order chi connectivity index (χ1) is 6.50. The molecule has 1 atom stereocenters. The number of hydrogen-bond donors (Lipinski definition) is 1. The van der Waals surface area contributed by atoms with Gasteiger partial charge in [0.2, 0.25) is 0 Å². The zero-order valence-electron chi connectivity index (χ0n) is 9.16. The fourth-order valence-corrected chi connectivity index (χ4v) is 1.40. The number of rotatable bonds is 3. The molecule has 0 saturated heterocycles. The lowest BCUT2D eigenvalue weighted by Crippen LogP contribution is -2.11. The van der Waals surface area contributed by atoms with E-state index in [-0.39, 0.29) is 24.6 Å². The van der Waals surface area contributed by atoms with E-state index in [1.54, 1.807) is 6.07 Å². The first-order valence-corrected chi connectivity index (χ1v) is 5.10. The second-order valence-corrected chi connectivity index (χ2v) is 4.07. The monoisotopic (exact) mass is 249 g/mol. The molecule has 1 aromatic rings. The lowest BCUT2D eigenvalue weighted by Gasteiger charge is -2.16. The lowest BCUT2D eigenvalue weighted by molar-refractivity contribution is 0.239. The van der Waals surface area contributed by atoms with E-state index in [0.29, 0.717) is 5.02 Å². The molecular formula is C11H17Cl2NO. The Labute approximate surface area is 102 Å². The number of nitrogens with two attached hydrogens (primary N) is 1. The van der Waals surface area contributed by atoms with Gasteiger partial charge < -0.3 is 10.5 Å². The Morgan fingerprint density at radius 1 is 1.27 bits per heavy atom. The summed E-state index contributed by atoms with van der Waals surface area (Å²) in [4.78, 5) is 0. The summed E-state index contributed by atoms with van der Waals surface area (Å²) >= 11 is 5.88. The highest BCUT2D eigenvalue weighted by molar-refractivity contribution is 6.30. The minimum Gasteiger partial charge on any atom is -0.491 e. The van der Waals surface area contributed by atoms with Crippen molar-refractivity contribution in [3.8, 4) is 5.75 Å². The molecule has 2 nitrogen and oxygen atoms in total. The Hall–Kier alpha value is -0.440. The molecule has 86 valence electrons. The Bertz CT molecular complexity index is 313. The maximum absolute atomic E-state index is 5.88. The molecule has 0 aliphatic carbocycles. The Morgan fingerprint density at radius 3 is 2.33 bits per heavy atom. The van der Waals surface area contributed by atoms with Crippen LogP contribution >= 0.6 is 24.0 Å². The van der Waals surface area contributed by atoms with E-state index in [1.165, 1.54) is 0 Å². The number of ether oxygens (including phenoxy) is 1. The summed E-state index contributed by atoms with van der Waals surface area (Å²) < 4.78 is 5.62. The quantitative estimate of drug-likeness (QED) is 0.890. The van der Waals surface area contributed by atoms with Crippen LogP contribution in [0, 0.1) is 0 Å². The summed E-state index contributed by atoms with van der Waals surface area (Å²) in [6.45, 7) is 5.88. The van der Waals surface area contributed by atoms with Crippen molar-refractivity contribution < 1.29 is 4.74 Å². The minimum absolute atomic E-state index is 0. The summed E-state index contributed by atoms with van der Waals surface area (Å²) in [7, 11) is 0. The van der Waals surface area contributed by atoms with Crippen molar-refractivity contribution in [2.24, 2.45) is 5.73 Å². The van der Waals surface area contributed by atoms with Crippen molar-refractivity contribution in [2.75, 3.05) is 0 Å². The Kier molecular flexibility index (Phi) is 6.03. The summed E-state index contributed by atoms with van der Waals surface area (Å²) in [6.07, 6.45) is 0.131. The van der Waals surface area contributed by atoms with Crippen molar-refractivity contribution in [1.29, 1.82) is 0 Å². The van der Waals surface area contributed by atoms with Crippen LogP contribution in [-0.4, -0.2) is 6.10 Å². The largest absolute Gasteiger partial charge is 0.491 e. The van der Waals surface area contributed by atoms with Gasteiger partial charge in [-0.1, -0.05) is 17.7 Å². The van der Waals surface area contributed by atoms with E-state index in [4.69, 9.17) is 22.1 Å². The fourth-order valence-electron chi connectivity index (χ4n) is 1.24. The molecule has 1 rings (SSSR count). The first kappa shape index (κ1) is 14.6. The van der Waals surface area contributed by atoms with Crippen molar-refractivity contribution in [3.05, 3.63) is 28.8 Å². The number of benzene rings is 1. The van der Waals surface area contributed by atoms with Crippen LogP contribution < -0.4 is 10.5 Å². The molecular weight excluding hydrogens is 233 g/mol. The molecule has 15 heavy (non-hydrogen) atoms. The van der Waals surface area contributed by atoms with E-state index in [0.717, 1.165) is 11.3 Å². The zero-order chi connectivity index (χ0) is 10.7. The molecule has 1 aromatic carbocycles. The van der Waals surface area contributed by atoms with Crippen LogP contribution in [0.3, 0.4) is 0 Å². The second-order valence-electron chi connectivity index (χ2n) is 3.64. The van der Waals surface area contributed by atoms with Crippen LogP contribution in [0.5, 0.6) is 5.75 Å². The molecule has 0 heterocycles. The standard InChI is InChI=1S/C11H16ClNO.ClH/c1-7(2)14-11-6-9(12)4-5-10(11)8(3)13;/h4-8H,13H2,1-3H3;1H. The maximum Gasteiger partial charge on any atom is 0.125 e. The van der Waals surface area contributed by atoms with E-state index >= 15 is 0 Å². The van der Waals surface area contributed by atoms with Gasteiger partial charge in [-0.3, -0.25) is 0 Å². The molecule has 0 aliphatic rings. The number of hydrogen-bond acceptors (Lipinski definition) is 2. The molecule has 0 spiro atoms. The van der Waals surface area contributed by atoms with Crippen molar-refractivity contribution in [2.45, 2.75) is 32.9 Å². The molecule has 0 aliphatic heterocycles. The third-order valence-corrected chi connectivity index (χ3v) is 2.06. The Balaban J connectivity index is 0.00000196. The maximum atomic E-state index is 5.88. The van der Waals surface area contributed by atoms with E-state index < -0.39 is 0 Å². The lowest BCUT2D eigenvalue weighted by atomic mass is 10.1. The molecule has 0 aromatic heterocycles. The molecule has 0 amide bonds. The normalized spacial score (nSPS) is 12.1. The van der Waals surface area contributed by atoms with Gasteiger partial charge in [0.25, 0.3) is 0 Å². The topological polar surface area (TPSA) is 35.2 Å². The van der Waals surface area contributed by atoms with Gasteiger partial charge in [-0.25, -0.2) is 0 Å². The molecule has 0 fully saturated rings. The van der Waals surface area contributed by atoms with Gasteiger partial charge in [-0.2, -0.15) is 0 Å². The van der Waals surface area contributed by atoms with Crippen LogP contribution in [-0.2, 0) is 0 Å². The van der Waals surface area contributed by atoms with Crippen LogP contribution in [0.2, 0.25) is 5.02 Å². The molecule has 1 unspecified atom stereocenters. The first-order valence-electron chi connectivity index (χ1n) is 4.72. The molecule has 0 saturated carbocycles. The summed E-state index contributed by atoms with van der Waals surface area (Å²) in [5, 5.41) is 0.671. The van der Waals surface area contributed by atoms with Gasteiger partial charge in [0, 0.05) is 16.6 Å². The average Bonchev–Trinajstić information content (AvgIpc) is 2.01. The molecule has 0 bridgehead atoms. The Morgan fingerprint density at radius 2 is 1.87 bits per heavy atom. The predicted octanol–water partition coefficient (Wildman–Crippen LogP) is 3.57. The van der Waals surface area contributed by atoms with Gasteiger partial charge in [-0.05, 0) is 32.9 Å². The van der Waals surface area contributed by atoms with Crippen molar-refractivity contribution >= 4 is 24.0 Å². The van der Waals surface area contributed by atoms with Crippen LogP contribution in [0.25, 0.3) is 0 Å². The fraction of sp³-hybridized carbons (Fsp3) is 0.455. The van der Waals surface area contributed by atoms with Crippen molar-refractivity contribution in [1.82, 2.24) is 0 Å². The highest BCUT2D eigenvalue weighted by Crippen LogP contribution is 2.28.